The lowest BCUT2D eigenvalue weighted by molar-refractivity contribution is 1.37. The normalized spacial score (nSPS) is 10.8. The lowest BCUT2D eigenvalue weighted by atomic mass is 10.1. The fraction of sp³-hybridized carbons (Fsp3) is 0.0625. The molecule has 0 radical (unpaired) electrons. The van der Waals surface area contributed by atoms with Gasteiger partial charge >= 0.3 is 0 Å². The van der Waals surface area contributed by atoms with Crippen LogP contribution in [0.15, 0.2) is 53.4 Å². The van der Waals surface area contributed by atoms with E-state index in [1.165, 1.54) is 4.90 Å². The summed E-state index contributed by atoms with van der Waals surface area (Å²) < 4.78 is 0.781. The number of nitrogens with one attached hydrogen (secondary N) is 1. The Morgan fingerprint density at radius 3 is 2.24 bits per heavy atom. The van der Waals surface area contributed by atoms with E-state index in [1.54, 1.807) is 23.1 Å². The highest BCUT2D eigenvalue weighted by Crippen LogP contribution is 2.36. The first-order valence-electron chi connectivity index (χ1n) is 6.31. The Labute approximate surface area is 142 Å². The zero-order valence-corrected chi connectivity index (χ0v) is 14.4. The molecule has 1 nitrogen and oxygen atoms in total. The third-order valence-corrected chi connectivity index (χ3v) is 5.41. The van der Waals surface area contributed by atoms with Crippen molar-refractivity contribution in [1.82, 2.24) is 4.98 Å². The van der Waals surface area contributed by atoms with Gasteiger partial charge in [-0.25, -0.2) is 0 Å². The molecule has 3 aromatic rings. The van der Waals surface area contributed by atoms with Crippen molar-refractivity contribution >= 4 is 46.9 Å². The number of hydrogen-bond donors (Lipinski definition) is 1. The van der Waals surface area contributed by atoms with E-state index in [-0.39, 0.29) is 0 Å². The molecule has 2 aromatic carbocycles. The number of hydrogen-bond acceptors (Lipinski definition) is 3. The second-order valence-corrected chi connectivity index (χ2v) is 7.46. The fourth-order valence-electron chi connectivity index (χ4n) is 2.09. The van der Waals surface area contributed by atoms with Crippen molar-refractivity contribution < 1.29 is 0 Å². The number of aromatic nitrogens is 1. The van der Waals surface area contributed by atoms with Gasteiger partial charge in [-0.1, -0.05) is 35.9 Å². The highest BCUT2D eigenvalue weighted by atomic mass is 35.5. The van der Waals surface area contributed by atoms with Crippen LogP contribution in [0.4, 0.5) is 0 Å². The Hall–Kier alpha value is -1.07. The summed E-state index contributed by atoms with van der Waals surface area (Å²) in [4.78, 5) is 5.70. The maximum absolute atomic E-state index is 5.97. The molecule has 0 aliphatic heterocycles. The maximum atomic E-state index is 5.97. The molecule has 0 spiro atoms. The molecule has 3 rings (SSSR count). The Balaban J connectivity index is 2.10. The second kappa shape index (κ2) is 6.36. The van der Waals surface area contributed by atoms with Crippen LogP contribution in [0.25, 0.3) is 21.7 Å². The van der Waals surface area contributed by atoms with E-state index >= 15 is 0 Å². The summed E-state index contributed by atoms with van der Waals surface area (Å²) in [7, 11) is 0. The van der Waals surface area contributed by atoms with Crippen LogP contribution in [-0.4, -0.2) is 11.2 Å². The SMILES string of the molecule is CSc1ccc(-c2[nH]c(=S)sc2-c2ccc(Cl)cc2)cc1. The van der Waals surface area contributed by atoms with Gasteiger partial charge in [-0.05, 0) is 53.9 Å². The van der Waals surface area contributed by atoms with E-state index < -0.39 is 0 Å². The van der Waals surface area contributed by atoms with Crippen molar-refractivity contribution in [2.75, 3.05) is 6.26 Å². The Kier molecular flexibility index (Phi) is 4.50. The quantitative estimate of drug-likeness (QED) is 0.428. The molecule has 5 heteroatoms. The molecule has 0 saturated heterocycles. The van der Waals surface area contributed by atoms with Gasteiger partial charge < -0.3 is 4.98 Å². The maximum Gasteiger partial charge on any atom is 0.159 e. The zero-order valence-electron chi connectivity index (χ0n) is 11.2. The third kappa shape index (κ3) is 3.24. The summed E-state index contributed by atoms with van der Waals surface area (Å²) in [6.07, 6.45) is 2.08. The van der Waals surface area contributed by atoms with Crippen molar-refractivity contribution in [3.05, 3.63) is 57.5 Å². The summed E-state index contributed by atoms with van der Waals surface area (Å²) >= 11 is 14.6. The average Bonchev–Trinajstić information content (AvgIpc) is 2.90. The van der Waals surface area contributed by atoms with Crippen LogP contribution in [0.3, 0.4) is 0 Å². The third-order valence-electron chi connectivity index (χ3n) is 3.13. The predicted molar refractivity (Wildman–Crippen MR) is 97.2 cm³/mol. The zero-order chi connectivity index (χ0) is 14.8. The van der Waals surface area contributed by atoms with Crippen LogP contribution in [0.1, 0.15) is 0 Å². The predicted octanol–water partition coefficient (Wildman–Crippen LogP) is 6.51. The lowest BCUT2D eigenvalue weighted by Gasteiger charge is -2.05. The van der Waals surface area contributed by atoms with Gasteiger partial charge in [0.2, 0.25) is 0 Å². The minimum atomic E-state index is 0.740. The Morgan fingerprint density at radius 1 is 1.00 bits per heavy atom. The van der Waals surface area contributed by atoms with Gasteiger partial charge in [0.25, 0.3) is 0 Å². The first kappa shape index (κ1) is 14.9. The van der Waals surface area contributed by atoms with Crippen molar-refractivity contribution in [3.8, 4) is 21.7 Å². The number of halogens is 1. The van der Waals surface area contributed by atoms with Crippen LogP contribution in [-0.2, 0) is 0 Å². The number of thioether (sulfide) groups is 1. The highest BCUT2D eigenvalue weighted by Gasteiger charge is 2.11. The molecular formula is C16H12ClNS3. The molecule has 0 aliphatic carbocycles. The number of H-pyrrole nitrogens is 1. The van der Waals surface area contributed by atoms with Crippen LogP contribution in [0.5, 0.6) is 0 Å². The van der Waals surface area contributed by atoms with E-state index in [0.29, 0.717) is 0 Å². The molecule has 0 fully saturated rings. The van der Waals surface area contributed by atoms with Gasteiger partial charge in [0.15, 0.2) is 3.95 Å². The molecule has 21 heavy (non-hydrogen) atoms. The fourth-order valence-corrected chi connectivity index (χ4v) is 3.84. The van der Waals surface area contributed by atoms with E-state index in [9.17, 15) is 0 Å². The molecule has 0 unspecified atom stereocenters. The second-order valence-electron chi connectivity index (χ2n) is 4.45. The van der Waals surface area contributed by atoms with Crippen LogP contribution >= 0.6 is 46.9 Å². The molecular weight excluding hydrogens is 338 g/mol. The topological polar surface area (TPSA) is 15.8 Å². The minimum absolute atomic E-state index is 0.740. The Morgan fingerprint density at radius 2 is 1.62 bits per heavy atom. The summed E-state index contributed by atoms with van der Waals surface area (Å²) in [6.45, 7) is 0. The first-order chi connectivity index (χ1) is 10.2. The summed E-state index contributed by atoms with van der Waals surface area (Å²) in [5.74, 6) is 0. The molecule has 1 aromatic heterocycles. The highest BCUT2D eigenvalue weighted by molar-refractivity contribution is 7.98. The number of benzene rings is 2. The molecule has 0 aliphatic rings. The van der Waals surface area contributed by atoms with Gasteiger partial charge in [0.05, 0.1) is 10.6 Å². The molecule has 0 saturated carbocycles. The van der Waals surface area contributed by atoms with Crippen LogP contribution < -0.4 is 0 Å². The van der Waals surface area contributed by atoms with E-state index in [4.69, 9.17) is 23.8 Å². The van der Waals surface area contributed by atoms with Crippen molar-refractivity contribution in [3.63, 3.8) is 0 Å². The molecule has 1 heterocycles. The van der Waals surface area contributed by atoms with Gasteiger partial charge in [-0.15, -0.1) is 23.1 Å². The standard InChI is InChI=1S/C16H12ClNS3/c1-20-13-8-4-10(5-9-13)14-15(21-16(19)18-14)11-2-6-12(17)7-3-11/h2-9H,1H3,(H,18,19). The van der Waals surface area contributed by atoms with Crippen molar-refractivity contribution in [2.45, 2.75) is 4.90 Å². The Bertz CT molecular complexity index is 801. The van der Waals surface area contributed by atoms with E-state index in [0.717, 1.165) is 30.7 Å². The van der Waals surface area contributed by atoms with Crippen LogP contribution in [0, 0.1) is 3.95 Å². The van der Waals surface area contributed by atoms with Gasteiger partial charge in [0, 0.05) is 9.92 Å². The summed E-state index contributed by atoms with van der Waals surface area (Å²) in [5.41, 5.74) is 3.34. The summed E-state index contributed by atoms with van der Waals surface area (Å²) in [5, 5.41) is 0.740. The van der Waals surface area contributed by atoms with Crippen molar-refractivity contribution in [2.24, 2.45) is 0 Å². The largest absolute Gasteiger partial charge is 0.336 e. The average molecular weight is 350 g/mol. The molecule has 0 bridgehead atoms. The molecule has 0 atom stereocenters. The minimum Gasteiger partial charge on any atom is -0.336 e. The smallest absolute Gasteiger partial charge is 0.159 e. The van der Waals surface area contributed by atoms with Crippen LogP contribution in [0.2, 0.25) is 5.02 Å². The molecule has 1 N–H and O–H groups in total. The van der Waals surface area contributed by atoms with Gasteiger partial charge in [-0.3, -0.25) is 0 Å². The van der Waals surface area contributed by atoms with Gasteiger partial charge in [0.1, 0.15) is 0 Å². The van der Waals surface area contributed by atoms with E-state index in [1.807, 2.05) is 24.3 Å². The van der Waals surface area contributed by atoms with Crippen molar-refractivity contribution in [1.29, 1.82) is 0 Å². The van der Waals surface area contributed by atoms with Gasteiger partial charge in [-0.2, -0.15) is 0 Å². The molecule has 106 valence electrons. The van der Waals surface area contributed by atoms with E-state index in [2.05, 4.69) is 35.5 Å². The number of thiazole rings is 1. The monoisotopic (exact) mass is 349 g/mol. The number of rotatable bonds is 3. The first-order valence-corrected chi connectivity index (χ1v) is 9.13. The lowest BCUT2D eigenvalue weighted by Crippen LogP contribution is -1.82. The molecule has 0 amide bonds. The summed E-state index contributed by atoms with van der Waals surface area (Å²) in [6, 6.07) is 16.4. The number of aromatic amines is 1.